The first-order valence-corrected chi connectivity index (χ1v) is 18.8. The van der Waals surface area contributed by atoms with Crippen molar-refractivity contribution in [3.05, 3.63) is 71.8 Å². The van der Waals surface area contributed by atoms with Crippen molar-refractivity contribution in [3.63, 3.8) is 0 Å². The first-order chi connectivity index (χ1) is 23.9. The second-order valence-corrected chi connectivity index (χ2v) is 13.2. The van der Waals surface area contributed by atoms with E-state index in [1.807, 2.05) is 60.7 Å². The quantitative estimate of drug-likeness (QED) is 0.0653. The normalized spacial score (nSPS) is 12.2. The minimum absolute atomic E-state index is 0.00153. The molecule has 0 aromatic heterocycles. The molecule has 0 heterocycles. The predicted molar refractivity (Wildman–Crippen MR) is 195 cm³/mol. The molecule has 2 unspecified atom stereocenters. The molecule has 0 aliphatic carbocycles. The summed E-state index contributed by atoms with van der Waals surface area (Å²) < 4.78 is 10.7. The van der Waals surface area contributed by atoms with Gasteiger partial charge in [0.1, 0.15) is 19.0 Å². The predicted octanol–water partition coefficient (Wildman–Crippen LogP) is 8.53. The highest BCUT2D eigenvalue weighted by Crippen LogP contribution is 2.17. The summed E-state index contributed by atoms with van der Waals surface area (Å²) in [4.78, 5) is 51.0. The minimum Gasteiger partial charge on any atom is -0.461 e. The van der Waals surface area contributed by atoms with Crippen molar-refractivity contribution in [2.45, 2.75) is 148 Å². The highest BCUT2D eigenvalue weighted by Gasteiger charge is 2.26. The van der Waals surface area contributed by atoms with Gasteiger partial charge in [-0.2, -0.15) is 0 Å². The number of carbonyl (C=O) groups excluding carboxylic acids is 4. The number of hydrogen-bond donors (Lipinski definition) is 2. The maximum atomic E-state index is 13.2. The third-order valence-electron chi connectivity index (χ3n) is 8.90. The molecule has 2 aromatic carbocycles. The summed E-state index contributed by atoms with van der Waals surface area (Å²) in [6.07, 6.45) is 17.9. The molecule has 2 aromatic rings. The number of esters is 2. The fourth-order valence-electron chi connectivity index (χ4n) is 5.74. The monoisotopic (exact) mass is 678 g/mol. The summed E-state index contributed by atoms with van der Waals surface area (Å²) in [5, 5.41) is 2.98. The lowest BCUT2D eigenvalue weighted by Crippen LogP contribution is -2.38. The van der Waals surface area contributed by atoms with Crippen LogP contribution < -0.4 is 11.1 Å². The van der Waals surface area contributed by atoms with Gasteiger partial charge in [0, 0.05) is 31.7 Å². The molecule has 272 valence electrons. The Morgan fingerprint density at radius 3 is 1.51 bits per heavy atom. The molecule has 0 bridgehead atoms. The Labute approximate surface area is 295 Å². The molecule has 0 aliphatic heterocycles. The first kappa shape index (κ1) is 41.7. The van der Waals surface area contributed by atoms with Gasteiger partial charge in [0.25, 0.3) is 0 Å². The Morgan fingerprint density at radius 2 is 1.04 bits per heavy atom. The highest BCUT2D eigenvalue weighted by atomic mass is 16.5. The summed E-state index contributed by atoms with van der Waals surface area (Å²) in [7, 11) is 0. The average molecular weight is 679 g/mol. The zero-order valence-corrected chi connectivity index (χ0v) is 30.0. The van der Waals surface area contributed by atoms with Crippen molar-refractivity contribution in [1.29, 1.82) is 0 Å². The second-order valence-electron chi connectivity index (χ2n) is 13.2. The van der Waals surface area contributed by atoms with E-state index in [2.05, 4.69) is 12.2 Å². The van der Waals surface area contributed by atoms with Crippen LogP contribution in [0.4, 0.5) is 0 Å². The Morgan fingerprint density at radius 1 is 0.612 bits per heavy atom. The molecule has 0 radical (unpaired) electrons. The molecule has 49 heavy (non-hydrogen) atoms. The van der Waals surface area contributed by atoms with Crippen LogP contribution in [0.2, 0.25) is 0 Å². The zero-order chi connectivity index (χ0) is 35.4. The van der Waals surface area contributed by atoms with Gasteiger partial charge in [0.2, 0.25) is 5.91 Å². The average Bonchev–Trinajstić information content (AvgIpc) is 3.12. The zero-order valence-electron chi connectivity index (χ0n) is 30.0. The summed E-state index contributed by atoms with van der Waals surface area (Å²) in [5.41, 5.74) is 7.90. The number of carbonyl (C=O) groups is 4. The smallest absolute Gasteiger partial charge is 0.306 e. The van der Waals surface area contributed by atoms with Crippen LogP contribution in [0, 0.1) is 5.92 Å². The lowest BCUT2D eigenvalue weighted by molar-refractivity contribution is -0.146. The van der Waals surface area contributed by atoms with Crippen LogP contribution in [-0.2, 0) is 41.9 Å². The van der Waals surface area contributed by atoms with Crippen LogP contribution >= 0.6 is 0 Å². The van der Waals surface area contributed by atoms with Crippen LogP contribution in [-0.4, -0.2) is 36.2 Å². The maximum absolute atomic E-state index is 13.2. The van der Waals surface area contributed by atoms with Gasteiger partial charge in [-0.15, -0.1) is 0 Å². The Bertz CT molecular complexity index is 1170. The number of amides is 1. The van der Waals surface area contributed by atoms with Crippen LogP contribution in [0.15, 0.2) is 60.7 Å². The van der Waals surface area contributed by atoms with Crippen molar-refractivity contribution < 1.29 is 28.7 Å². The Balaban J connectivity index is 1.71. The lowest BCUT2D eigenvalue weighted by atomic mass is 9.92. The van der Waals surface area contributed by atoms with E-state index in [4.69, 9.17) is 15.2 Å². The van der Waals surface area contributed by atoms with E-state index in [-0.39, 0.29) is 57.0 Å². The fourth-order valence-corrected chi connectivity index (χ4v) is 5.74. The molecule has 0 spiro atoms. The van der Waals surface area contributed by atoms with Gasteiger partial charge in [-0.3, -0.25) is 19.2 Å². The lowest BCUT2D eigenvalue weighted by Gasteiger charge is -2.18. The number of unbranched alkanes of at least 4 members (excludes halogenated alkanes) is 13. The molecule has 3 N–H and O–H groups in total. The molecule has 8 heteroatoms. The van der Waals surface area contributed by atoms with Crippen LogP contribution in [0.25, 0.3) is 0 Å². The van der Waals surface area contributed by atoms with Crippen molar-refractivity contribution >= 4 is 23.6 Å². The summed E-state index contributed by atoms with van der Waals surface area (Å²) in [6.45, 7) is 3.09. The van der Waals surface area contributed by atoms with Gasteiger partial charge in [-0.25, -0.2) is 0 Å². The van der Waals surface area contributed by atoms with Crippen molar-refractivity contribution in [3.8, 4) is 0 Å². The SMILES string of the molecule is CCCCCCCCCCCCCCCCNC(=O)C(CCC(=O)OCc1ccccc1)CC(=O)C(N)CCC(=O)OCc1ccccc1. The standard InChI is InChI=1S/C41H62N2O6/c1-2-3-4-5-6-7-8-9-10-11-12-13-14-21-30-43-41(47)36(26-28-39(45)48-32-34-22-17-15-18-23-34)31-38(44)37(42)27-29-40(46)49-33-35-24-19-16-20-25-35/h15-20,22-25,36-37H,2-14,21,26-33,42H2,1H3,(H,43,47). The Kier molecular flexibility index (Phi) is 23.2. The number of nitrogens with two attached hydrogens (primary N) is 1. The highest BCUT2D eigenvalue weighted by molar-refractivity contribution is 5.90. The summed E-state index contributed by atoms with van der Waals surface area (Å²) in [6, 6.07) is 17.8. The van der Waals surface area contributed by atoms with Crippen LogP contribution in [0.3, 0.4) is 0 Å². The largest absolute Gasteiger partial charge is 0.461 e. The number of ether oxygens (including phenoxy) is 2. The van der Waals surface area contributed by atoms with Gasteiger partial charge < -0.3 is 20.5 Å². The summed E-state index contributed by atoms with van der Waals surface area (Å²) in [5.74, 6) is -2.14. The van der Waals surface area contributed by atoms with E-state index in [1.165, 1.54) is 70.6 Å². The van der Waals surface area contributed by atoms with Gasteiger partial charge in [-0.05, 0) is 30.4 Å². The minimum atomic E-state index is -0.907. The van der Waals surface area contributed by atoms with E-state index in [1.54, 1.807) is 0 Å². The molecule has 0 saturated heterocycles. The molecule has 0 fully saturated rings. The number of rotatable bonds is 29. The number of benzene rings is 2. The van der Waals surface area contributed by atoms with E-state index < -0.39 is 23.9 Å². The van der Waals surface area contributed by atoms with E-state index in [9.17, 15) is 19.2 Å². The molecule has 1 amide bonds. The second kappa shape index (κ2) is 27.3. The third-order valence-corrected chi connectivity index (χ3v) is 8.90. The Hall–Kier alpha value is -3.52. The first-order valence-electron chi connectivity index (χ1n) is 18.8. The summed E-state index contributed by atoms with van der Waals surface area (Å²) >= 11 is 0. The van der Waals surface area contributed by atoms with Gasteiger partial charge >= 0.3 is 11.9 Å². The van der Waals surface area contributed by atoms with Crippen molar-refractivity contribution in [2.75, 3.05) is 6.54 Å². The van der Waals surface area contributed by atoms with Gasteiger partial charge in [-0.1, -0.05) is 151 Å². The van der Waals surface area contributed by atoms with Gasteiger partial charge in [0.05, 0.1) is 6.04 Å². The molecule has 2 rings (SSSR count). The number of hydrogen-bond acceptors (Lipinski definition) is 7. The fraction of sp³-hybridized carbons (Fsp3) is 0.610. The number of ketones is 1. The topological polar surface area (TPSA) is 125 Å². The number of nitrogens with one attached hydrogen (secondary N) is 1. The van der Waals surface area contributed by atoms with E-state index in [0.29, 0.717) is 6.54 Å². The third kappa shape index (κ3) is 21.2. The molecule has 2 atom stereocenters. The molecular formula is C41H62N2O6. The van der Waals surface area contributed by atoms with E-state index in [0.717, 1.165) is 30.4 Å². The molecule has 0 saturated carbocycles. The van der Waals surface area contributed by atoms with Crippen molar-refractivity contribution in [1.82, 2.24) is 5.32 Å². The van der Waals surface area contributed by atoms with Crippen molar-refractivity contribution in [2.24, 2.45) is 11.7 Å². The maximum Gasteiger partial charge on any atom is 0.306 e. The number of Topliss-reactive ketones (excluding diaryl/α,β-unsaturated/α-hetero) is 1. The van der Waals surface area contributed by atoms with Gasteiger partial charge in [0.15, 0.2) is 0 Å². The van der Waals surface area contributed by atoms with Crippen LogP contribution in [0.5, 0.6) is 0 Å². The van der Waals surface area contributed by atoms with Crippen LogP contribution in [0.1, 0.15) is 140 Å². The molecule has 0 aliphatic rings. The molecule has 8 nitrogen and oxygen atoms in total. The molecular weight excluding hydrogens is 616 g/mol. The van der Waals surface area contributed by atoms with E-state index >= 15 is 0 Å².